The molecule has 2 rings (SSSR count). The van der Waals surface area contributed by atoms with Crippen LogP contribution < -0.4 is 10.6 Å². The first-order valence-corrected chi connectivity index (χ1v) is 6.40. The number of rotatable bonds is 5. The van der Waals surface area contributed by atoms with Crippen LogP contribution in [0.3, 0.4) is 0 Å². The molecule has 1 aliphatic carbocycles. The molecule has 0 bridgehead atoms. The number of hydrogen-bond acceptors (Lipinski definition) is 3. The zero-order valence-corrected chi connectivity index (χ0v) is 10.3. The Labute approximate surface area is 97.8 Å². The van der Waals surface area contributed by atoms with Crippen molar-refractivity contribution < 1.29 is 4.79 Å². The molecule has 2 fully saturated rings. The van der Waals surface area contributed by atoms with Crippen LogP contribution >= 0.6 is 0 Å². The minimum Gasteiger partial charge on any atom is -0.355 e. The molecule has 1 aliphatic heterocycles. The Kier molecular flexibility index (Phi) is 3.82. The van der Waals surface area contributed by atoms with Crippen LogP contribution in [0.5, 0.6) is 0 Å². The average Bonchev–Trinajstić information content (AvgIpc) is 3.01. The Bertz CT molecular complexity index is 253. The Morgan fingerprint density at radius 3 is 2.75 bits per heavy atom. The summed E-state index contributed by atoms with van der Waals surface area (Å²) in [4.78, 5) is 14.2. The first kappa shape index (κ1) is 11.9. The van der Waals surface area contributed by atoms with Gasteiger partial charge in [0.2, 0.25) is 5.91 Å². The maximum atomic E-state index is 11.9. The van der Waals surface area contributed by atoms with Crippen LogP contribution in [0.15, 0.2) is 0 Å². The summed E-state index contributed by atoms with van der Waals surface area (Å²) in [6.45, 7) is 4.83. The molecule has 0 aromatic carbocycles. The molecule has 2 aliphatic rings. The molecule has 16 heavy (non-hydrogen) atoms. The number of nitrogens with zero attached hydrogens (tertiary/aromatic N) is 1. The highest BCUT2D eigenvalue weighted by molar-refractivity contribution is 5.79. The topological polar surface area (TPSA) is 44.4 Å². The third kappa shape index (κ3) is 2.95. The molecule has 0 aromatic heterocycles. The number of carbonyl (C=O) groups is 1. The summed E-state index contributed by atoms with van der Waals surface area (Å²) < 4.78 is 0. The maximum Gasteiger partial charge on any atom is 0.224 e. The molecule has 0 radical (unpaired) electrons. The van der Waals surface area contributed by atoms with Crippen LogP contribution in [0.25, 0.3) is 0 Å². The van der Waals surface area contributed by atoms with Crippen LogP contribution in [-0.4, -0.2) is 49.6 Å². The second-order valence-electron chi connectivity index (χ2n) is 5.14. The summed E-state index contributed by atoms with van der Waals surface area (Å²) in [7, 11) is 2.14. The zero-order valence-electron chi connectivity index (χ0n) is 10.3. The SMILES string of the molecule is CC1NCCC1C(=O)NCCN(C)C1CC1. The summed E-state index contributed by atoms with van der Waals surface area (Å²) in [5, 5.41) is 6.35. The molecule has 2 N–H and O–H groups in total. The van der Waals surface area contributed by atoms with Crippen molar-refractivity contribution in [1.29, 1.82) is 0 Å². The third-order valence-corrected chi connectivity index (χ3v) is 3.80. The minimum atomic E-state index is 0.172. The van der Waals surface area contributed by atoms with Crippen molar-refractivity contribution in [1.82, 2.24) is 15.5 Å². The molecule has 2 unspecified atom stereocenters. The monoisotopic (exact) mass is 225 g/mol. The van der Waals surface area contributed by atoms with E-state index in [9.17, 15) is 4.79 Å². The Morgan fingerprint density at radius 2 is 2.19 bits per heavy atom. The first-order chi connectivity index (χ1) is 7.68. The highest BCUT2D eigenvalue weighted by atomic mass is 16.1. The van der Waals surface area contributed by atoms with Crippen molar-refractivity contribution in [2.24, 2.45) is 5.92 Å². The number of hydrogen-bond donors (Lipinski definition) is 2. The van der Waals surface area contributed by atoms with Crippen molar-refractivity contribution in [2.45, 2.75) is 38.3 Å². The Balaban J connectivity index is 1.63. The van der Waals surface area contributed by atoms with E-state index < -0.39 is 0 Å². The molecule has 4 heteroatoms. The summed E-state index contributed by atoms with van der Waals surface area (Å²) >= 11 is 0. The van der Waals surface area contributed by atoms with Gasteiger partial charge >= 0.3 is 0 Å². The predicted octanol–water partition coefficient (Wildman–Crippen LogP) is 0.195. The average molecular weight is 225 g/mol. The van der Waals surface area contributed by atoms with Gasteiger partial charge in [0.05, 0.1) is 5.92 Å². The Hall–Kier alpha value is -0.610. The molecule has 1 saturated heterocycles. The molecule has 2 atom stereocenters. The van der Waals surface area contributed by atoms with Gasteiger partial charge < -0.3 is 15.5 Å². The summed E-state index contributed by atoms with van der Waals surface area (Å²) in [6.07, 6.45) is 3.63. The lowest BCUT2D eigenvalue weighted by atomic mass is 10.0. The van der Waals surface area contributed by atoms with Crippen molar-refractivity contribution in [2.75, 3.05) is 26.7 Å². The smallest absolute Gasteiger partial charge is 0.224 e. The number of nitrogens with one attached hydrogen (secondary N) is 2. The summed E-state index contributed by atoms with van der Waals surface area (Å²) in [6, 6.07) is 1.12. The fourth-order valence-corrected chi connectivity index (χ4v) is 2.40. The molecule has 1 amide bonds. The highest BCUT2D eigenvalue weighted by Crippen LogP contribution is 2.24. The van der Waals surface area contributed by atoms with Gasteiger partial charge in [-0.15, -0.1) is 0 Å². The van der Waals surface area contributed by atoms with Gasteiger partial charge in [0.25, 0.3) is 0 Å². The van der Waals surface area contributed by atoms with Crippen molar-refractivity contribution >= 4 is 5.91 Å². The lowest BCUT2D eigenvalue weighted by molar-refractivity contribution is -0.125. The quantitative estimate of drug-likeness (QED) is 0.702. The second kappa shape index (κ2) is 5.15. The molecule has 92 valence electrons. The molecular formula is C12H23N3O. The van der Waals surface area contributed by atoms with Crippen molar-refractivity contribution in [3.8, 4) is 0 Å². The predicted molar refractivity (Wildman–Crippen MR) is 64.2 cm³/mol. The number of amides is 1. The van der Waals surface area contributed by atoms with E-state index in [4.69, 9.17) is 0 Å². The van der Waals surface area contributed by atoms with Crippen molar-refractivity contribution in [3.05, 3.63) is 0 Å². The van der Waals surface area contributed by atoms with Crippen LogP contribution in [0.2, 0.25) is 0 Å². The zero-order chi connectivity index (χ0) is 11.5. The van der Waals surface area contributed by atoms with E-state index in [-0.39, 0.29) is 11.8 Å². The number of carbonyl (C=O) groups excluding carboxylic acids is 1. The van der Waals surface area contributed by atoms with Gasteiger partial charge in [-0.2, -0.15) is 0 Å². The fraction of sp³-hybridized carbons (Fsp3) is 0.917. The fourth-order valence-electron chi connectivity index (χ4n) is 2.40. The largest absolute Gasteiger partial charge is 0.355 e. The van der Waals surface area contributed by atoms with Crippen LogP contribution in [0.1, 0.15) is 26.2 Å². The summed E-state index contributed by atoms with van der Waals surface area (Å²) in [5.41, 5.74) is 0. The number of likely N-dealkylation sites (N-methyl/N-ethyl adjacent to an activating group) is 1. The normalized spacial score (nSPS) is 29.7. The van der Waals surface area contributed by atoms with Crippen LogP contribution in [-0.2, 0) is 4.79 Å². The van der Waals surface area contributed by atoms with E-state index in [0.717, 1.165) is 32.1 Å². The molecule has 4 nitrogen and oxygen atoms in total. The van der Waals surface area contributed by atoms with Crippen molar-refractivity contribution in [3.63, 3.8) is 0 Å². The molecule has 0 spiro atoms. The third-order valence-electron chi connectivity index (χ3n) is 3.80. The highest BCUT2D eigenvalue weighted by Gasteiger charge is 2.29. The van der Waals surface area contributed by atoms with Gasteiger partial charge in [-0.25, -0.2) is 0 Å². The molecule has 1 heterocycles. The molecular weight excluding hydrogens is 202 g/mol. The minimum absolute atomic E-state index is 0.172. The van der Waals surface area contributed by atoms with Gasteiger partial charge in [-0.05, 0) is 39.8 Å². The molecule has 0 aromatic rings. The van der Waals surface area contributed by atoms with E-state index >= 15 is 0 Å². The van der Waals surface area contributed by atoms with E-state index in [0.29, 0.717) is 6.04 Å². The molecule has 1 saturated carbocycles. The van der Waals surface area contributed by atoms with Gasteiger partial charge in [-0.3, -0.25) is 4.79 Å². The van der Waals surface area contributed by atoms with E-state index in [1.165, 1.54) is 12.8 Å². The van der Waals surface area contributed by atoms with E-state index in [1.807, 2.05) is 0 Å². The lowest BCUT2D eigenvalue weighted by Gasteiger charge is -2.18. The Morgan fingerprint density at radius 1 is 1.44 bits per heavy atom. The van der Waals surface area contributed by atoms with Crippen LogP contribution in [0, 0.1) is 5.92 Å². The van der Waals surface area contributed by atoms with Gasteiger partial charge in [0, 0.05) is 25.2 Å². The summed E-state index contributed by atoms with van der Waals surface area (Å²) in [5.74, 6) is 0.396. The standard InChI is InChI=1S/C12H23N3O/c1-9-11(5-6-13-9)12(16)14-7-8-15(2)10-3-4-10/h9-11,13H,3-8H2,1-2H3,(H,14,16). The first-order valence-electron chi connectivity index (χ1n) is 6.40. The van der Waals surface area contributed by atoms with Gasteiger partial charge in [0.1, 0.15) is 0 Å². The van der Waals surface area contributed by atoms with E-state index in [1.54, 1.807) is 0 Å². The van der Waals surface area contributed by atoms with Gasteiger partial charge in [0.15, 0.2) is 0 Å². The maximum absolute atomic E-state index is 11.9. The van der Waals surface area contributed by atoms with E-state index in [2.05, 4.69) is 29.5 Å². The van der Waals surface area contributed by atoms with Gasteiger partial charge in [-0.1, -0.05) is 0 Å². The lowest BCUT2D eigenvalue weighted by Crippen LogP contribution is -2.40. The van der Waals surface area contributed by atoms with Crippen LogP contribution in [0.4, 0.5) is 0 Å². The second-order valence-corrected chi connectivity index (χ2v) is 5.14.